The van der Waals surface area contributed by atoms with Crippen molar-refractivity contribution in [2.45, 2.75) is 32.1 Å². The normalized spacial score (nSPS) is 12.8. The Labute approximate surface area is 168 Å². The van der Waals surface area contributed by atoms with E-state index < -0.39 is 5.97 Å². The van der Waals surface area contributed by atoms with Crippen molar-refractivity contribution >= 4 is 23.2 Å². The summed E-state index contributed by atoms with van der Waals surface area (Å²) in [5.74, 6) is 0.584. The molecule has 2 aromatic rings. The van der Waals surface area contributed by atoms with Gasteiger partial charge in [-0.3, -0.25) is 4.79 Å². The summed E-state index contributed by atoms with van der Waals surface area (Å²) in [6, 6.07) is 7.55. The SMILES string of the molecule is COc1ccc(CCNC(=O)COC(=O)c2cc3c(s2)CCCC3)cc1OC. The largest absolute Gasteiger partial charge is 0.493 e. The van der Waals surface area contributed by atoms with Crippen LogP contribution in [0, 0.1) is 0 Å². The molecular weight excluding hydrogens is 378 g/mol. The summed E-state index contributed by atoms with van der Waals surface area (Å²) >= 11 is 1.49. The lowest BCUT2D eigenvalue weighted by Gasteiger charge is -2.10. The molecule has 0 atom stereocenters. The Morgan fingerprint density at radius 2 is 1.86 bits per heavy atom. The van der Waals surface area contributed by atoms with E-state index in [0.717, 1.165) is 18.4 Å². The van der Waals surface area contributed by atoms with Crippen LogP contribution in [0.5, 0.6) is 11.5 Å². The molecule has 1 heterocycles. The Hall–Kier alpha value is -2.54. The van der Waals surface area contributed by atoms with Crippen molar-refractivity contribution in [2.75, 3.05) is 27.4 Å². The average molecular weight is 404 g/mol. The highest BCUT2D eigenvalue weighted by atomic mass is 32.1. The summed E-state index contributed by atoms with van der Waals surface area (Å²) < 4.78 is 15.6. The minimum atomic E-state index is -0.422. The Kier molecular flexibility index (Phi) is 6.92. The second kappa shape index (κ2) is 9.59. The molecule has 1 N–H and O–H groups in total. The molecule has 7 heteroatoms. The van der Waals surface area contributed by atoms with E-state index in [4.69, 9.17) is 14.2 Å². The smallest absolute Gasteiger partial charge is 0.348 e. The van der Waals surface area contributed by atoms with Crippen LogP contribution in [0.25, 0.3) is 0 Å². The summed E-state index contributed by atoms with van der Waals surface area (Å²) in [5, 5.41) is 2.77. The van der Waals surface area contributed by atoms with Gasteiger partial charge < -0.3 is 19.5 Å². The molecule has 1 aromatic carbocycles. The average Bonchev–Trinajstić information content (AvgIpc) is 3.16. The van der Waals surface area contributed by atoms with Crippen LogP contribution in [0.3, 0.4) is 0 Å². The van der Waals surface area contributed by atoms with Gasteiger partial charge in [-0.25, -0.2) is 4.79 Å². The molecule has 0 saturated carbocycles. The maximum Gasteiger partial charge on any atom is 0.348 e. The van der Waals surface area contributed by atoms with Gasteiger partial charge in [0.2, 0.25) is 0 Å². The van der Waals surface area contributed by atoms with E-state index in [0.29, 0.717) is 29.3 Å². The molecule has 3 rings (SSSR count). The molecule has 1 aromatic heterocycles. The van der Waals surface area contributed by atoms with Gasteiger partial charge in [-0.2, -0.15) is 0 Å². The number of hydrogen-bond donors (Lipinski definition) is 1. The first-order valence-electron chi connectivity index (χ1n) is 9.37. The van der Waals surface area contributed by atoms with Gasteiger partial charge in [0.05, 0.1) is 14.2 Å². The number of amides is 1. The lowest BCUT2D eigenvalue weighted by Crippen LogP contribution is -2.30. The van der Waals surface area contributed by atoms with Crippen molar-refractivity contribution in [3.63, 3.8) is 0 Å². The highest BCUT2D eigenvalue weighted by Crippen LogP contribution is 2.30. The van der Waals surface area contributed by atoms with Crippen LogP contribution in [0.15, 0.2) is 24.3 Å². The van der Waals surface area contributed by atoms with Gasteiger partial charge in [-0.1, -0.05) is 6.07 Å². The van der Waals surface area contributed by atoms with Crippen LogP contribution < -0.4 is 14.8 Å². The van der Waals surface area contributed by atoms with E-state index >= 15 is 0 Å². The van der Waals surface area contributed by atoms with Gasteiger partial charge in [0.1, 0.15) is 4.88 Å². The molecule has 0 saturated heterocycles. The molecule has 0 unspecified atom stereocenters. The Morgan fingerprint density at radius 3 is 2.61 bits per heavy atom. The minimum absolute atomic E-state index is 0.271. The number of thiophene rings is 1. The zero-order valence-electron chi connectivity index (χ0n) is 16.2. The highest BCUT2D eigenvalue weighted by molar-refractivity contribution is 7.14. The standard InChI is InChI=1S/C21H25NO5S/c1-25-16-8-7-14(11-17(16)26-2)9-10-22-20(23)13-27-21(24)19-12-15-5-3-4-6-18(15)28-19/h7-8,11-12H,3-6,9-10,13H2,1-2H3,(H,22,23). The molecule has 28 heavy (non-hydrogen) atoms. The molecule has 1 amide bonds. The van der Waals surface area contributed by atoms with E-state index in [2.05, 4.69) is 5.32 Å². The Morgan fingerprint density at radius 1 is 1.07 bits per heavy atom. The van der Waals surface area contributed by atoms with Crippen molar-refractivity contribution in [1.82, 2.24) is 5.32 Å². The van der Waals surface area contributed by atoms with Crippen molar-refractivity contribution < 1.29 is 23.8 Å². The predicted molar refractivity (Wildman–Crippen MR) is 108 cm³/mol. The maximum atomic E-state index is 12.2. The van der Waals surface area contributed by atoms with Crippen LogP contribution in [-0.4, -0.2) is 39.2 Å². The number of benzene rings is 1. The number of fused-ring (bicyclic) bond motifs is 1. The fourth-order valence-corrected chi connectivity index (χ4v) is 4.37. The fraction of sp³-hybridized carbons (Fsp3) is 0.429. The molecule has 1 aliphatic rings. The van der Waals surface area contributed by atoms with Crippen LogP contribution >= 0.6 is 11.3 Å². The van der Waals surface area contributed by atoms with Gasteiger partial charge in [-0.15, -0.1) is 11.3 Å². The quantitative estimate of drug-likeness (QED) is 0.686. The molecule has 0 radical (unpaired) electrons. The number of hydrogen-bond acceptors (Lipinski definition) is 6. The van der Waals surface area contributed by atoms with Gasteiger partial charge in [0.25, 0.3) is 5.91 Å². The number of methoxy groups -OCH3 is 2. The summed E-state index contributed by atoms with van der Waals surface area (Å²) in [5.41, 5.74) is 2.27. The molecule has 1 aliphatic carbocycles. The third kappa shape index (κ3) is 5.04. The second-order valence-electron chi connectivity index (χ2n) is 6.63. The number of carbonyl (C=O) groups excluding carboxylic acids is 2. The summed E-state index contributed by atoms with van der Waals surface area (Å²) in [7, 11) is 3.17. The van der Waals surface area contributed by atoms with Gasteiger partial charge in [0, 0.05) is 11.4 Å². The molecule has 0 spiro atoms. The van der Waals surface area contributed by atoms with Crippen LogP contribution in [0.1, 0.15) is 38.5 Å². The summed E-state index contributed by atoms with van der Waals surface area (Å²) in [6.45, 7) is 0.173. The lowest BCUT2D eigenvalue weighted by molar-refractivity contribution is -0.124. The number of nitrogens with one attached hydrogen (secondary N) is 1. The second-order valence-corrected chi connectivity index (χ2v) is 7.77. The van der Waals surface area contributed by atoms with E-state index in [9.17, 15) is 9.59 Å². The van der Waals surface area contributed by atoms with Crippen LogP contribution in [0.2, 0.25) is 0 Å². The summed E-state index contributed by atoms with van der Waals surface area (Å²) in [6.07, 6.45) is 5.03. The van der Waals surface area contributed by atoms with E-state index in [1.807, 2.05) is 24.3 Å². The monoisotopic (exact) mass is 403 g/mol. The number of esters is 1. The first-order valence-corrected chi connectivity index (χ1v) is 10.2. The minimum Gasteiger partial charge on any atom is -0.493 e. The van der Waals surface area contributed by atoms with Crippen LogP contribution in [-0.2, 0) is 28.8 Å². The van der Waals surface area contributed by atoms with E-state index in [1.165, 1.54) is 34.6 Å². The number of aryl methyl sites for hydroxylation is 2. The molecule has 0 bridgehead atoms. The zero-order chi connectivity index (χ0) is 19.9. The Balaban J connectivity index is 1.42. The fourth-order valence-electron chi connectivity index (χ4n) is 3.23. The molecule has 0 fully saturated rings. The van der Waals surface area contributed by atoms with Crippen molar-refractivity contribution in [2.24, 2.45) is 0 Å². The number of carbonyl (C=O) groups is 2. The molecule has 0 aliphatic heterocycles. The third-order valence-electron chi connectivity index (χ3n) is 4.72. The topological polar surface area (TPSA) is 73.9 Å². The molecule has 6 nitrogen and oxygen atoms in total. The number of ether oxygens (including phenoxy) is 3. The maximum absolute atomic E-state index is 12.2. The predicted octanol–water partition coefficient (Wildman–Crippen LogP) is 3.16. The van der Waals surface area contributed by atoms with Gasteiger partial charge in [-0.05, 0) is 61.4 Å². The zero-order valence-corrected chi connectivity index (χ0v) is 17.0. The lowest BCUT2D eigenvalue weighted by atomic mass is 9.99. The van der Waals surface area contributed by atoms with E-state index in [-0.39, 0.29) is 12.5 Å². The molecular formula is C21H25NO5S. The first-order chi connectivity index (χ1) is 13.6. The highest BCUT2D eigenvalue weighted by Gasteiger charge is 2.18. The Bertz CT molecular complexity index is 822. The first kappa shape index (κ1) is 20.2. The van der Waals surface area contributed by atoms with Crippen molar-refractivity contribution in [3.8, 4) is 11.5 Å². The van der Waals surface area contributed by atoms with Crippen molar-refractivity contribution in [3.05, 3.63) is 45.1 Å². The van der Waals surface area contributed by atoms with Gasteiger partial charge in [0.15, 0.2) is 18.1 Å². The summed E-state index contributed by atoms with van der Waals surface area (Å²) in [4.78, 5) is 26.0. The number of rotatable bonds is 8. The van der Waals surface area contributed by atoms with Crippen molar-refractivity contribution in [1.29, 1.82) is 0 Å². The molecule has 150 valence electrons. The third-order valence-corrected chi connectivity index (χ3v) is 5.93. The van der Waals surface area contributed by atoms with Crippen LogP contribution in [0.4, 0.5) is 0 Å². The van der Waals surface area contributed by atoms with Gasteiger partial charge >= 0.3 is 5.97 Å². The van der Waals surface area contributed by atoms with E-state index in [1.54, 1.807) is 14.2 Å².